The van der Waals surface area contributed by atoms with Gasteiger partial charge in [0.05, 0.1) is 5.56 Å². The van der Waals surface area contributed by atoms with Gasteiger partial charge in [-0.15, -0.1) is 0 Å². The molecule has 6 heteroatoms. The van der Waals surface area contributed by atoms with Crippen LogP contribution in [0.25, 0.3) is 0 Å². The minimum Gasteiger partial charge on any atom is -0.488 e. The van der Waals surface area contributed by atoms with Gasteiger partial charge in [-0.3, -0.25) is 0 Å². The molecule has 0 unspecified atom stereocenters. The monoisotopic (exact) mass is 332 g/mol. The number of carbonyl (C=O) groups is 2. The van der Waals surface area contributed by atoms with Crippen LogP contribution in [0.3, 0.4) is 0 Å². The van der Waals surface area contributed by atoms with E-state index in [9.17, 15) is 14.7 Å². The van der Waals surface area contributed by atoms with E-state index in [-0.39, 0.29) is 17.7 Å². The van der Waals surface area contributed by atoms with Gasteiger partial charge in [-0.2, -0.15) is 12.6 Å². The molecule has 0 atom stereocenters. The smallest absolute Gasteiger partial charge is 0.339 e. The third kappa shape index (κ3) is 4.26. The number of thiol groups is 1. The first-order chi connectivity index (χ1) is 11.0. The molecule has 0 aliphatic rings. The van der Waals surface area contributed by atoms with Crippen molar-refractivity contribution in [1.82, 2.24) is 0 Å². The van der Waals surface area contributed by atoms with Crippen LogP contribution in [-0.2, 0) is 13.0 Å². The molecular weight excluding hydrogens is 316 g/mol. The van der Waals surface area contributed by atoms with Crippen LogP contribution >= 0.6 is 12.6 Å². The maximum atomic E-state index is 11.5. The van der Waals surface area contributed by atoms with Gasteiger partial charge in [0.1, 0.15) is 17.9 Å². The lowest BCUT2D eigenvalue weighted by atomic mass is 10.0. The number of aryl methyl sites for hydroxylation is 1. The highest BCUT2D eigenvalue weighted by atomic mass is 32.1. The molecule has 0 spiro atoms. The van der Waals surface area contributed by atoms with E-state index in [0.717, 1.165) is 5.56 Å². The summed E-state index contributed by atoms with van der Waals surface area (Å²) in [7, 11) is 0. The molecule has 2 rings (SSSR count). The Bertz CT molecular complexity index is 709. The molecule has 2 N–H and O–H groups in total. The fourth-order valence-electron chi connectivity index (χ4n) is 2.17. The highest BCUT2D eigenvalue weighted by Gasteiger charge is 2.16. The van der Waals surface area contributed by atoms with Crippen molar-refractivity contribution in [2.45, 2.75) is 13.0 Å². The molecule has 23 heavy (non-hydrogen) atoms. The maximum absolute atomic E-state index is 11.5. The number of hydrogen-bond acceptors (Lipinski definition) is 4. The van der Waals surface area contributed by atoms with Crippen LogP contribution in [0.4, 0.5) is 0 Å². The highest BCUT2D eigenvalue weighted by molar-refractivity contribution is 7.80. The number of carboxylic acid groups (broad SMARTS) is 2. The van der Waals surface area contributed by atoms with Crippen LogP contribution in [0.5, 0.6) is 5.75 Å². The molecule has 0 aromatic heterocycles. The van der Waals surface area contributed by atoms with Gasteiger partial charge < -0.3 is 14.9 Å². The summed E-state index contributed by atoms with van der Waals surface area (Å²) in [5.41, 5.74) is 1.76. The fraction of sp³-hybridized carbons (Fsp3) is 0.176. The number of aromatic carboxylic acids is 2. The summed E-state index contributed by atoms with van der Waals surface area (Å²) in [6.07, 6.45) is 0.537. The zero-order valence-corrected chi connectivity index (χ0v) is 13.1. The van der Waals surface area contributed by atoms with E-state index in [4.69, 9.17) is 9.84 Å². The second-order valence-corrected chi connectivity index (χ2v) is 5.31. The summed E-state index contributed by atoms with van der Waals surface area (Å²) in [4.78, 5) is 22.3. The molecular formula is C17H16O5S. The first kappa shape index (κ1) is 16.9. The maximum Gasteiger partial charge on any atom is 0.339 e. The molecule has 0 radical (unpaired) electrons. The van der Waals surface area contributed by atoms with Crippen molar-refractivity contribution in [3.05, 3.63) is 64.7 Å². The van der Waals surface area contributed by atoms with E-state index in [1.54, 1.807) is 30.3 Å². The van der Waals surface area contributed by atoms with E-state index < -0.39 is 11.9 Å². The first-order valence-corrected chi connectivity index (χ1v) is 7.57. The molecule has 2 aromatic rings. The van der Waals surface area contributed by atoms with Crippen molar-refractivity contribution in [3.8, 4) is 5.75 Å². The molecule has 0 amide bonds. The second-order valence-electron chi connectivity index (χ2n) is 4.86. The van der Waals surface area contributed by atoms with Crippen molar-refractivity contribution in [2.75, 3.05) is 5.75 Å². The van der Waals surface area contributed by atoms with Crippen molar-refractivity contribution < 1.29 is 24.5 Å². The lowest BCUT2D eigenvalue weighted by molar-refractivity contribution is 0.0681. The van der Waals surface area contributed by atoms with Gasteiger partial charge in [-0.05, 0) is 41.5 Å². The molecule has 120 valence electrons. The normalized spacial score (nSPS) is 10.3. The Hall–Kier alpha value is -2.47. The summed E-state index contributed by atoms with van der Waals surface area (Å²) in [6.45, 7) is 0.157. The summed E-state index contributed by atoms with van der Waals surface area (Å²) in [5, 5.41) is 18.3. The van der Waals surface area contributed by atoms with E-state index in [1.807, 2.05) is 0 Å². The largest absolute Gasteiger partial charge is 0.488 e. The molecule has 0 saturated carbocycles. The van der Waals surface area contributed by atoms with Crippen molar-refractivity contribution in [2.24, 2.45) is 0 Å². The number of rotatable bonds is 7. The average Bonchev–Trinajstić information content (AvgIpc) is 2.53. The zero-order chi connectivity index (χ0) is 16.8. The predicted molar refractivity (Wildman–Crippen MR) is 88.7 cm³/mol. The van der Waals surface area contributed by atoms with Gasteiger partial charge in [0.15, 0.2) is 0 Å². The number of ether oxygens (including phenoxy) is 1. The molecule has 0 saturated heterocycles. The van der Waals surface area contributed by atoms with Crippen molar-refractivity contribution in [3.63, 3.8) is 0 Å². The standard InChI is InChI=1S/C17H16O5S/c18-16(19)13-6-4-11(5-7-13)10-22-14-3-1-2-12(8-9-23)15(14)17(20)21/h1-7,23H,8-10H2,(H,18,19)(H,20,21). The van der Waals surface area contributed by atoms with Gasteiger partial charge in [0.25, 0.3) is 0 Å². The van der Waals surface area contributed by atoms with Crippen LogP contribution in [-0.4, -0.2) is 27.9 Å². The Morgan fingerprint density at radius 2 is 1.70 bits per heavy atom. The Morgan fingerprint density at radius 3 is 2.26 bits per heavy atom. The SMILES string of the molecule is O=C(O)c1ccc(COc2cccc(CCS)c2C(=O)O)cc1. The third-order valence-electron chi connectivity index (χ3n) is 3.30. The molecule has 2 aromatic carbocycles. The predicted octanol–water partition coefficient (Wildman–Crippen LogP) is 3.13. The Labute approximate surface area is 138 Å². The lowest BCUT2D eigenvalue weighted by Gasteiger charge is -2.12. The minimum atomic E-state index is -1.04. The van der Waals surface area contributed by atoms with Gasteiger partial charge >= 0.3 is 11.9 Å². The van der Waals surface area contributed by atoms with Crippen LogP contribution in [0, 0.1) is 0 Å². The number of carboxylic acids is 2. The van der Waals surface area contributed by atoms with E-state index in [2.05, 4.69) is 12.6 Å². The van der Waals surface area contributed by atoms with E-state index in [0.29, 0.717) is 23.5 Å². The van der Waals surface area contributed by atoms with Gasteiger partial charge in [-0.1, -0.05) is 24.3 Å². The van der Waals surface area contributed by atoms with Gasteiger partial charge in [0.2, 0.25) is 0 Å². The van der Waals surface area contributed by atoms with Gasteiger partial charge in [0, 0.05) is 0 Å². The lowest BCUT2D eigenvalue weighted by Crippen LogP contribution is -2.08. The van der Waals surface area contributed by atoms with Crippen LogP contribution in [0.2, 0.25) is 0 Å². The van der Waals surface area contributed by atoms with Gasteiger partial charge in [-0.25, -0.2) is 9.59 Å². The first-order valence-electron chi connectivity index (χ1n) is 6.94. The average molecular weight is 332 g/mol. The molecule has 0 heterocycles. The zero-order valence-electron chi connectivity index (χ0n) is 12.2. The Morgan fingerprint density at radius 1 is 1.00 bits per heavy atom. The quantitative estimate of drug-likeness (QED) is 0.679. The summed E-state index contributed by atoms with van der Waals surface area (Å²) >= 11 is 4.14. The Balaban J connectivity index is 2.18. The van der Waals surface area contributed by atoms with Crippen LogP contribution < -0.4 is 4.74 Å². The summed E-state index contributed by atoms with van der Waals surface area (Å²) < 4.78 is 5.62. The summed E-state index contributed by atoms with van der Waals surface area (Å²) in [5.74, 6) is -1.21. The van der Waals surface area contributed by atoms with E-state index >= 15 is 0 Å². The number of benzene rings is 2. The molecule has 0 bridgehead atoms. The van der Waals surface area contributed by atoms with Crippen LogP contribution in [0.15, 0.2) is 42.5 Å². The van der Waals surface area contributed by atoms with E-state index in [1.165, 1.54) is 12.1 Å². The topological polar surface area (TPSA) is 83.8 Å². The third-order valence-corrected chi connectivity index (χ3v) is 3.53. The molecule has 0 fully saturated rings. The van der Waals surface area contributed by atoms with Crippen molar-refractivity contribution >= 4 is 24.6 Å². The van der Waals surface area contributed by atoms with Crippen LogP contribution in [0.1, 0.15) is 31.8 Å². The summed E-state index contributed by atoms with van der Waals surface area (Å²) in [6, 6.07) is 11.3. The molecule has 0 aliphatic carbocycles. The minimum absolute atomic E-state index is 0.142. The molecule has 5 nitrogen and oxygen atoms in total. The fourth-order valence-corrected chi connectivity index (χ4v) is 2.41. The van der Waals surface area contributed by atoms with Crippen molar-refractivity contribution in [1.29, 1.82) is 0 Å². The number of hydrogen-bond donors (Lipinski definition) is 3. The Kier molecular flexibility index (Phi) is 5.65. The highest BCUT2D eigenvalue weighted by Crippen LogP contribution is 2.24. The second kappa shape index (κ2) is 7.69. The molecule has 0 aliphatic heterocycles.